The van der Waals surface area contributed by atoms with Crippen molar-refractivity contribution in [3.8, 4) is 5.75 Å². The summed E-state index contributed by atoms with van der Waals surface area (Å²) < 4.78 is 5.33. The van der Waals surface area contributed by atoms with E-state index in [2.05, 4.69) is 5.32 Å². The van der Waals surface area contributed by atoms with E-state index in [1.165, 1.54) is 0 Å². The highest BCUT2D eigenvalue weighted by Gasteiger charge is 2.12. The van der Waals surface area contributed by atoms with Crippen LogP contribution < -0.4 is 10.1 Å². The van der Waals surface area contributed by atoms with Gasteiger partial charge in [-0.25, -0.2) is 0 Å². The van der Waals surface area contributed by atoms with Crippen molar-refractivity contribution in [2.75, 3.05) is 20.3 Å². The van der Waals surface area contributed by atoms with Crippen LogP contribution in [0.1, 0.15) is 11.1 Å². The number of benzene rings is 2. The predicted molar refractivity (Wildman–Crippen MR) is 87.4 cm³/mol. The maximum absolute atomic E-state index is 12.4. The molecule has 0 aliphatic carbocycles. The van der Waals surface area contributed by atoms with Gasteiger partial charge in [0.2, 0.25) is 0 Å². The van der Waals surface area contributed by atoms with Crippen molar-refractivity contribution in [2.24, 2.45) is 0 Å². The highest BCUT2D eigenvalue weighted by Crippen LogP contribution is 2.24. The van der Waals surface area contributed by atoms with E-state index in [0.29, 0.717) is 11.3 Å². The van der Waals surface area contributed by atoms with Crippen LogP contribution >= 0.6 is 0 Å². The maximum atomic E-state index is 12.4. The molecule has 0 saturated carbocycles. The summed E-state index contributed by atoms with van der Waals surface area (Å²) in [5, 5.41) is 11.6. The number of carbonyl (C=O) groups is 1. The first kappa shape index (κ1) is 15.8. The van der Waals surface area contributed by atoms with Crippen LogP contribution in [0.25, 0.3) is 11.6 Å². The quantitative estimate of drug-likeness (QED) is 0.635. The Balaban J connectivity index is 2.44. The average molecular weight is 297 g/mol. The summed E-state index contributed by atoms with van der Waals surface area (Å²) in [4.78, 5) is 12.4. The number of amides is 1. The summed E-state index contributed by atoms with van der Waals surface area (Å²) >= 11 is 0. The Morgan fingerprint density at radius 2 is 1.82 bits per heavy atom. The molecular weight excluding hydrogens is 278 g/mol. The predicted octanol–water partition coefficient (Wildman–Crippen LogP) is 2.34. The van der Waals surface area contributed by atoms with E-state index in [0.717, 1.165) is 11.1 Å². The molecule has 0 atom stereocenters. The Hall–Kier alpha value is -2.59. The third kappa shape index (κ3) is 3.96. The van der Waals surface area contributed by atoms with Crippen LogP contribution in [0, 0.1) is 0 Å². The van der Waals surface area contributed by atoms with Crippen LogP contribution in [-0.2, 0) is 4.79 Å². The topological polar surface area (TPSA) is 58.6 Å². The van der Waals surface area contributed by atoms with Gasteiger partial charge in [0.15, 0.2) is 0 Å². The molecule has 0 aromatic heterocycles. The molecule has 0 fully saturated rings. The van der Waals surface area contributed by atoms with Crippen LogP contribution in [-0.4, -0.2) is 31.3 Å². The van der Waals surface area contributed by atoms with Crippen LogP contribution in [0.4, 0.5) is 0 Å². The number of para-hydroxylation sites is 1. The number of hydrogen-bond donors (Lipinski definition) is 2. The average Bonchev–Trinajstić information content (AvgIpc) is 2.58. The first-order chi connectivity index (χ1) is 10.8. The normalized spacial score (nSPS) is 11.1. The molecule has 2 N–H and O–H groups in total. The summed E-state index contributed by atoms with van der Waals surface area (Å²) in [7, 11) is 1.60. The Morgan fingerprint density at radius 3 is 2.50 bits per heavy atom. The first-order valence-corrected chi connectivity index (χ1v) is 7.05. The van der Waals surface area contributed by atoms with Gasteiger partial charge in [-0.2, -0.15) is 0 Å². The number of hydrogen-bond acceptors (Lipinski definition) is 3. The highest BCUT2D eigenvalue weighted by atomic mass is 16.5. The van der Waals surface area contributed by atoms with Gasteiger partial charge in [-0.15, -0.1) is 0 Å². The van der Waals surface area contributed by atoms with Crippen LogP contribution in [0.15, 0.2) is 54.6 Å². The van der Waals surface area contributed by atoms with Gasteiger partial charge in [0.1, 0.15) is 5.75 Å². The van der Waals surface area contributed by atoms with Crippen LogP contribution in [0.2, 0.25) is 0 Å². The van der Waals surface area contributed by atoms with Crippen molar-refractivity contribution in [1.29, 1.82) is 0 Å². The fourth-order valence-electron chi connectivity index (χ4n) is 2.10. The zero-order chi connectivity index (χ0) is 15.8. The minimum Gasteiger partial charge on any atom is -0.496 e. The molecule has 0 saturated heterocycles. The number of ether oxygens (including phenoxy) is 1. The van der Waals surface area contributed by atoms with E-state index in [9.17, 15) is 4.79 Å². The molecular formula is C18H19NO3. The van der Waals surface area contributed by atoms with Crippen molar-refractivity contribution in [3.05, 3.63) is 65.7 Å². The SMILES string of the molecule is COc1ccccc1/C=C(/C(=O)NCCO)c1ccccc1. The van der Waals surface area contributed by atoms with Gasteiger partial charge < -0.3 is 15.2 Å². The number of rotatable bonds is 6. The van der Waals surface area contributed by atoms with Crippen LogP contribution in [0.3, 0.4) is 0 Å². The molecule has 0 aliphatic heterocycles. The largest absolute Gasteiger partial charge is 0.496 e. The molecule has 0 bridgehead atoms. The monoisotopic (exact) mass is 297 g/mol. The molecule has 2 aromatic carbocycles. The number of nitrogens with one attached hydrogen (secondary N) is 1. The lowest BCUT2D eigenvalue weighted by Crippen LogP contribution is -2.27. The molecule has 4 nitrogen and oxygen atoms in total. The fourth-order valence-corrected chi connectivity index (χ4v) is 2.10. The van der Waals surface area contributed by atoms with Gasteiger partial charge in [0.05, 0.1) is 13.7 Å². The Kier molecular flexibility index (Phi) is 5.74. The van der Waals surface area contributed by atoms with Crippen molar-refractivity contribution < 1.29 is 14.6 Å². The minimum absolute atomic E-state index is 0.0948. The molecule has 0 unspecified atom stereocenters. The van der Waals surface area contributed by atoms with Gasteiger partial charge in [-0.05, 0) is 17.7 Å². The summed E-state index contributed by atoms with van der Waals surface area (Å²) in [6.07, 6.45) is 1.79. The zero-order valence-corrected chi connectivity index (χ0v) is 12.5. The van der Waals surface area contributed by atoms with Crippen molar-refractivity contribution in [2.45, 2.75) is 0 Å². The van der Waals surface area contributed by atoms with E-state index in [4.69, 9.17) is 9.84 Å². The fraction of sp³-hybridized carbons (Fsp3) is 0.167. The first-order valence-electron chi connectivity index (χ1n) is 7.05. The molecule has 2 aromatic rings. The standard InChI is InChI=1S/C18H19NO3/c1-22-17-10-6-5-9-15(17)13-16(18(21)19-11-12-20)14-7-3-2-4-8-14/h2-10,13,20H,11-12H2,1H3,(H,19,21)/b16-13+. The molecule has 22 heavy (non-hydrogen) atoms. The second-order valence-electron chi connectivity index (χ2n) is 4.65. The molecule has 0 aliphatic rings. The van der Waals surface area contributed by atoms with Gasteiger partial charge in [0, 0.05) is 17.7 Å². The van der Waals surface area contributed by atoms with Crippen molar-refractivity contribution in [1.82, 2.24) is 5.32 Å². The van der Waals surface area contributed by atoms with Gasteiger partial charge >= 0.3 is 0 Å². The molecule has 2 rings (SSSR count). The van der Waals surface area contributed by atoms with E-state index in [-0.39, 0.29) is 19.1 Å². The lowest BCUT2D eigenvalue weighted by molar-refractivity contribution is -0.115. The molecule has 0 radical (unpaired) electrons. The second-order valence-corrected chi connectivity index (χ2v) is 4.65. The third-order valence-corrected chi connectivity index (χ3v) is 3.17. The smallest absolute Gasteiger partial charge is 0.251 e. The van der Waals surface area contributed by atoms with Gasteiger partial charge in [0.25, 0.3) is 5.91 Å². The lowest BCUT2D eigenvalue weighted by atomic mass is 10.0. The molecule has 114 valence electrons. The summed E-state index contributed by atoms with van der Waals surface area (Å²) in [5.41, 5.74) is 2.16. The second kappa shape index (κ2) is 8.00. The molecule has 0 spiro atoms. The van der Waals surface area contributed by atoms with Crippen molar-refractivity contribution >= 4 is 17.6 Å². The Labute approximate surface area is 130 Å². The summed E-state index contributed by atoms with van der Waals surface area (Å²) in [5.74, 6) is 0.469. The Morgan fingerprint density at radius 1 is 1.14 bits per heavy atom. The van der Waals surface area contributed by atoms with Crippen LogP contribution in [0.5, 0.6) is 5.75 Å². The van der Waals surface area contributed by atoms with E-state index >= 15 is 0 Å². The maximum Gasteiger partial charge on any atom is 0.251 e. The number of aliphatic hydroxyl groups excluding tert-OH is 1. The summed E-state index contributed by atoms with van der Waals surface area (Å²) in [6, 6.07) is 16.9. The third-order valence-electron chi connectivity index (χ3n) is 3.17. The van der Waals surface area contributed by atoms with Gasteiger partial charge in [-0.1, -0.05) is 48.5 Å². The molecule has 4 heteroatoms. The van der Waals surface area contributed by atoms with Gasteiger partial charge in [-0.3, -0.25) is 4.79 Å². The lowest BCUT2D eigenvalue weighted by Gasteiger charge is -2.10. The molecule has 1 amide bonds. The zero-order valence-electron chi connectivity index (χ0n) is 12.5. The van der Waals surface area contributed by atoms with Crippen molar-refractivity contribution in [3.63, 3.8) is 0 Å². The number of aliphatic hydroxyl groups is 1. The minimum atomic E-state index is -0.230. The number of methoxy groups -OCH3 is 1. The van der Waals surface area contributed by atoms with E-state index in [1.54, 1.807) is 13.2 Å². The summed E-state index contributed by atoms with van der Waals surface area (Å²) in [6.45, 7) is 0.122. The van der Waals surface area contributed by atoms with E-state index < -0.39 is 0 Å². The van der Waals surface area contributed by atoms with E-state index in [1.807, 2.05) is 54.6 Å². The Bertz CT molecular complexity index is 650. The molecule has 0 heterocycles. The number of carbonyl (C=O) groups excluding carboxylic acids is 1. The highest BCUT2D eigenvalue weighted by molar-refractivity contribution is 6.24.